The number of carbonyl (C=O) groups is 4. The van der Waals surface area contributed by atoms with E-state index in [9.17, 15) is 19.2 Å². The molecule has 4 aromatic carbocycles. The van der Waals surface area contributed by atoms with Crippen LogP contribution in [-0.2, 0) is 0 Å². The molecule has 0 bridgehead atoms. The molecular formula is C52H62N2O4S. The molecule has 0 aliphatic carbocycles. The van der Waals surface area contributed by atoms with Gasteiger partial charge in [0, 0.05) is 55.9 Å². The Morgan fingerprint density at radius 3 is 1.02 bits per heavy atom. The molecule has 310 valence electrons. The second-order valence-corrected chi connectivity index (χ2v) is 17.9. The van der Waals surface area contributed by atoms with Crippen LogP contribution in [0.15, 0.2) is 72.8 Å². The quantitative estimate of drug-likeness (QED) is 0.0459. The molecule has 59 heavy (non-hydrogen) atoms. The fourth-order valence-electron chi connectivity index (χ4n) is 9.27. The first kappa shape index (κ1) is 42.5. The summed E-state index contributed by atoms with van der Waals surface area (Å²) in [7, 11) is 0. The van der Waals surface area contributed by atoms with Gasteiger partial charge >= 0.3 is 0 Å². The van der Waals surface area contributed by atoms with Gasteiger partial charge < -0.3 is 0 Å². The van der Waals surface area contributed by atoms with Crippen molar-refractivity contribution in [2.45, 2.75) is 142 Å². The summed E-state index contributed by atoms with van der Waals surface area (Å²) in [6.07, 6.45) is 24.0. The van der Waals surface area contributed by atoms with Crippen LogP contribution in [0, 0.1) is 0 Å². The van der Waals surface area contributed by atoms with Crippen molar-refractivity contribution in [3.63, 3.8) is 0 Å². The number of hydrogen-bond donors (Lipinski definition) is 0. The lowest BCUT2D eigenvalue weighted by atomic mass is 9.90. The predicted octanol–water partition coefficient (Wildman–Crippen LogP) is 14.4. The van der Waals surface area contributed by atoms with Gasteiger partial charge in [-0.3, -0.25) is 29.0 Å². The minimum Gasteiger partial charge on any atom is -0.274 e. The molecule has 0 spiro atoms. The average Bonchev–Trinajstić information content (AvgIpc) is 3.74. The molecule has 0 N–H and O–H groups in total. The van der Waals surface area contributed by atoms with Gasteiger partial charge in [0.15, 0.2) is 0 Å². The zero-order valence-corrected chi connectivity index (χ0v) is 36.2. The van der Waals surface area contributed by atoms with Crippen molar-refractivity contribution in [3.8, 4) is 20.9 Å². The maximum Gasteiger partial charge on any atom is 0.261 e. The molecule has 7 rings (SSSR count). The number of benzene rings is 4. The van der Waals surface area contributed by atoms with E-state index in [1.54, 1.807) is 11.3 Å². The normalized spacial score (nSPS) is 13.8. The van der Waals surface area contributed by atoms with Crippen LogP contribution >= 0.6 is 11.3 Å². The molecule has 1 aromatic heterocycles. The van der Waals surface area contributed by atoms with Gasteiger partial charge in [0.1, 0.15) is 0 Å². The smallest absolute Gasteiger partial charge is 0.261 e. The lowest BCUT2D eigenvalue weighted by Gasteiger charge is -2.28. The van der Waals surface area contributed by atoms with Crippen LogP contribution in [0.1, 0.15) is 184 Å². The van der Waals surface area contributed by atoms with Crippen LogP contribution in [-0.4, -0.2) is 46.5 Å². The second kappa shape index (κ2) is 20.6. The molecular weight excluding hydrogens is 749 g/mol. The number of rotatable bonds is 24. The van der Waals surface area contributed by atoms with Gasteiger partial charge in [-0.1, -0.05) is 166 Å². The summed E-state index contributed by atoms with van der Waals surface area (Å²) < 4.78 is 0. The van der Waals surface area contributed by atoms with Gasteiger partial charge in [0.2, 0.25) is 0 Å². The second-order valence-electron chi connectivity index (χ2n) is 16.8. The number of unbranched alkanes of at least 4 members (excludes halogenated alkanes) is 18. The standard InChI is InChI=1S/C52H62N2O4S/c1-3-5-7-9-11-13-15-17-19-21-35-53-49(55)41-27-23-25-39-37(29-31-43(47(39)41)51(53)57)45-33-34-46(59-45)38-30-32-44-48-40(38)26-24-28-42(48)50(56)54(52(44)58)36-22-20-18-16-14-12-10-8-6-4-2/h23-34H,3-22,35-36H2,1-2H3. The van der Waals surface area contributed by atoms with Crippen molar-refractivity contribution < 1.29 is 19.2 Å². The lowest BCUT2D eigenvalue weighted by molar-refractivity contribution is 0.0592. The fourth-order valence-corrected chi connectivity index (χ4v) is 10.4. The van der Waals surface area contributed by atoms with Crippen LogP contribution in [0.4, 0.5) is 0 Å². The highest BCUT2D eigenvalue weighted by Gasteiger charge is 2.35. The Bertz CT molecular complexity index is 2090. The molecule has 0 atom stereocenters. The third kappa shape index (κ3) is 9.41. The minimum absolute atomic E-state index is 0.206. The molecule has 5 aromatic rings. The molecule has 7 heteroatoms. The molecule has 0 saturated heterocycles. The summed E-state index contributed by atoms with van der Waals surface area (Å²) in [4.78, 5) is 60.2. The summed E-state index contributed by atoms with van der Waals surface area (Å²) >= 11 is 1.63. The molecule has 0 unspecified atom stereocenters. The molecule has 4 amide bonds. The van der Waals surface area contributed by atoms with E-state index < -0.39 is 0 Å². The predicted molar refractivity (Wildman–Crippen MR) is 245 cm³/mol. The number of thiophene rings is 1. The van der Waals surface area contributed by atoms with Crippen molar-refractivity contribution >= 4 is 56.5 Å². The summed E-state index contributed by atoms with van der Waals surface area (Å²) in [6, 6.07) is 23.6. The van der Waals surface area contributed by atoms with Crippen LogP contribution in [0.5, 0.6) is 0 Å². The first-order valence-electron chi connectivity index (χ1n) is 22.9. The number of nitrogens with zero attached hydrogens (tertiary/aromatic N) is 2. The molecule has 0 fully saturated rings. The highest BCUT2D eigenvalue weighted by Crippen LogP contribution is 2.44. The monoisotopic (exact) mass is 810 g/mol. The zero-order chi connectivity index (χ0) is 41.1. The molecule has 6 nitrogen and oxygen atoms in total. The van der Waals surface area contributed by atoms with Crippen molar-refractivity contribution in [1.29, 1.82) is 0 Å². The van der Waals surface area contributed by atoms with E-state index in [0.29, 0.717) is 35.3 Å². The zero-order valence-electron chi connectivity index (χ0n) is 35.4. The molecule has 2 aliphatic rings. The van der Waals surface area contributed by atoms with Crippen molar-refractivity contribution in [2.24, 2.45) is 0 Å². The van der Waals surface area contributed by atoms with E-state index in [1.165, 1.54) is 99.7 Å². The molecule has 0 saturated carbocycles. The summed E-state index contributed by atoms with van der Waals surface area (Å²) in [6.45, 7) is 5.39. The first-order chi connectivity index (χ1) is 28.9. The Labute approximate surface area is 355 Å². The maximum absolute atomic E-state index is 13.8. The first-order valence-corrected chi connectivity index (χ1v) is 23.7. The SMILES string of the molecule is CCCCCCCCCCCCN1C(=O)c2cccc3c(-c4ccc(-c5ccc6c7c(cccc57)C(=O)N(CCCCCCCCCCCC)C6=O)s4)ccc(c23)C1=O. The van der Waals surface area contributed by atoms with Crippen LogP contribution in [0.2, 0.25) is 0 Å². The van der Waals surface area contributed by atoms with Gasteiger partial charge in [0.25, 0.3) is 23.6 Å². The summed E-state index contributed by atoms with van der Waals surface area (Å²) in [5.74, 6) is -0.822. The Hall–Kier alpha value is -4.62. The van der Waals surface area contributed by atoms with Gasteiger partial charge in [-0.25, -0.2) is 0 Å². The molecule has 0 radical (unpaired) electrons. The van der Waals surface area contributed by atoms with Crippen LogP contribution in [0.25, 0.3) is 42.4 Å². The van der Waals surface area contributed by atoms with Crippen molar-refractivity contribution in [2.75, 3.05) is 13.1 Å². The fraction of sp³-hybridized carbons (Fsp3) is 0.462. The lowest BCUT2D eigenvalue weighted by Crippen LogP contribution is -2.40. The van der Waals surface area contributed by atoms with Crippen molar-refractivity contribution in [3.05, 3.63) is 95.1 Å². The number of carbonyl (C=O) groups excluding carboxylic acids is 4. The van der Waals surface area contributed by atoms with E-state index in [0.717, 1.165) is 81.0 Å². The van der Waals surface area contributed by atoms with Crippen LogP contribution in [0.3, 0.4) is 0 Å². The Balaban J connectivity index is 1.02. The van der Waals surface area contributed by atoms with Gasteiger partial charge in [-0.15, -0.1) is 11.3 Å². The van der Waals surface area contributed by atoms with E-state index in [-0.39, 0.29) is 23.6 Å². The van der Waals surface area contributed by atoms with Crippen LogP contribution < -0.4 is 0 Å². The van der Waals surface area contributed by atoms with Crippen molar-refractivity contribution in [1.82, 2.24) is 9.80 Å². The third-order valence-corrected chi connectivity index (χ3v) is 13.7. The number of amides is 4. The molecule has 2 aliphatic heterocycles. The Kier molecular flexibility index (Phi) is 14.8. The largest absolute Gasteiger partial charge is 0.274 e. The third-order valence-electron chi connectivity index (χ3n) is 12.6. The summed E-state index contributed by atoms with van der Waals surface area (Å²) in [5.41, 5.74) is 4.29. The Morgan fingerprint density at radius 2 is 0.661 bits per heavy atom. The minimum atomic E-state index is -0.206. The van der Waals surface area contributed by atoms with Gasteiger partial charge in [0.05, 0.1) is 0 Å². The van der Waals surface area contributed by atoms with Gasteiger partial charge in [-0.05, 0) is 71.1 Å². The highest BCUT2D eigenvalue weighted by molar-refractivity contribution is 7.19. The topological polar surface area (TPSA) is 74.8 Å². The number of hydrogen-bond acceptors (Lipinski definition) is 5. The number of imide groups is 2. The van der Waals surface area contributed by atoms with E-state index in [2.05, 4.69) is 26.0 Å². The molecule has 3 heterocycles. The summed E-state index contributed by atoms with van der Waals surface area (Å²) in [5, 5.41) is 3.25. The average molecular weight is 811 g/mol. The van der Waals surface area contributed by atoms with Gasteiger partial charge in [-0.2, -0.15) is 0 Å². The maximum atomic E-state index is 13.8. The highest BCUT2D eigenvalue weighted by atomic mass is 32.1. The Morgan fingerprint density at radius 1 is 0.356 bits per heavy atom. The van der Waals surface area contributed by atoms with E-state index >= 15 is 0 Å². The van der Waals surface area contributed by atoms with E-state index in [1.807, 2.05) is 60.7 Å². The van der Waals surface area contributed by atoms with E-state index in [4.69, 9.17) is 0 Å².